The number of hydrogen-bond donors (Lipinski definition) is 2. The topological polar surface area (TPSA) is 85.8 Å². The van der Waals surface area contributed by atoms with Crippen LogP contribution in [0.25, 0.3) is 0 Å². The number of rotatable bonds is 5. The average Bonchev–Trinajstić information content (AvgIpc) is 2.85. The summed E-state index contributed by atoms with van der Waals surface area (Å²) in [6.45, 7) is 2.14. The van der Waals surface area contributed by atoms with E-state index in [9.17, 15) is 4.79 Å². The van der Waals surface area contributed by atoms with Crippen LogP contribution in [0.5, 0.6) is 0 Å². The van der Waals surface area contributed by atoms with Crippen LogP contribution < -0.4 is 11.1 Å². The van der Waals surface area contributed by atoms with Crippen LogP contribution in [-0.4, -0.2) is 27.2 Å². The van der Waals surface area contributed by atoms with Gasteiger partial charge in [-0.25, -0.2) is 0 Å². The van der Waals surface area contributed by atoms with E-state index in [4.69, 9.17) is 5.73 Å². The zero-order chi connectivity index (χ0) is 14.5. The number of halogens is 1. The van der Waals surface area contributed by atoms with Gasteiger partial charge in [-0.1, -0.05) is 6.92 Å². The van der Waals surface area contributed by atoms with Gasteiger partial charge >= 0.3 is 0 Å². The number of carbonyl (C=O) groups is 1. The number of carbonyl (C=O) groups excluding carboxylic acids is 1. The molecule has 3 N–H and O–H groups in total. The number of benzene rings is 1. The highest BCUT2D eigenvalue weighted by Gasteiger charge is 2.10. The molecule has 1 atom stereocenters. The van der Waals surface area contributed by atoms with Crippen molar-refractivity contribution in [1.82, 2.24) is 14.8 Å². The molecule has 1 amide bonds. The Morgan fingerprint density at radius 2 is 2.10 bits per heavy atom. The normalized spacial score (nSPS) is 11.6. The summed E-state index contributed by atoms with van der Waals surface area (Å²) in [4.78, 5) is 12.7. The average molecular weight is 328 g/mol. The second-order valence-electron chi connectivity index (χ2n) is 4.48. The van der Waals surface area contributed by atoms with E-state index < -0.39 is 0 Å². The molecule has 0 aliphatic rings. The third-order valence-electron chi connectivity index (χ3n) is 2.80. The molecule has 2 aromatic rings. The predicted octanol–water partition coefficient (Wildman–Crippen LogP) is 1.92. The van der Waals surface area contributed by atoms with Crippen LogP contribution in [-0.2, 0) is 11.8 Å². The van der Waals surface area contributed by atoms with Gasteiger partial charge in [0.15, 0.2) is 5.16 Å². The number of aromatic nitrogens is 3. The molecule has 6 nitrogen and oxygen atoms in total. The molecular weight excluding hydrogens is 310 g/mol. The Morgan fingerprint density at radius 1 is 1.43 bits per heavy atom. The molecule has 0 aliphatic heterocycles. The van der Waals surface area contributed by atoms with Crippen molar-refractivity contribution < 1.29 is 4.79 Å². The molecule has 0 saturated carbocycles. The van der Waals surface area contributed by atoms with E-state index in [-0.39, 0.29) is 24.2 Å². The van der Waals surface area contributed by atoms with E-state index in [0.29, 0.717) is 6.54 Å². The molecule has 1 heterocycles. The lowest BCUT2D eigenvalue weighted by atomic mass is 10.1. The van der Waals surface area contributed by atoms with Crippen LogP contribution in [0.3, 0.4) is 0 Å². The largest absolute Gasteiger partial charge is 0.330 e. The molecule has 0 aliphatic carbocycles. The van der Waals surface area contributed by atoms with Crippen molar-refractivity contribution in [3.63, 3.8) is 0 Å². The summed E-state index contributed by atoms with van der Waals surface area (Å²) in [7, 11) is 1.89. The van der Waals surface area contributed by atoms with E-state index in [1.54, 1.807) is 13.3 Å². The fourth-order valence-electron chi connectivity index (χ4n) is 1.45. The third-order valence-corrected chi connectivity index (χ3v) is 3.86. The van der Waals surface area contributed by atoms with Gasteiger partial charge in [-0.3, -0.25) is 4.79 Å². The summed E-state index contributed by atoms with van der Waals surface area (Å²) in [6, 6.07) is 7.59. The molecule has 0 saturated heterocycles. The zero-order valence-corrected chi connectivity index (χ0v) is 13.4. The molecule has 0 bridgehead atoms. The lowest BCUT2D eigenvalue weighted by Crippen LogP contribution is -2.26. The molecular formula is C13H18ClN5OS. The Hall–Kier alpha value is -1.57. The number of nitrogens with zero attached hydrogens (tertiary/aromatic N) is 3. The minimum Gasteiger partial charge on any atom is -0.330 e. The van der Waals surface area contributed by atoms with Crippen LogP contribution in [0, 0.1) is 5.92 Å². The fourth-order valence-corrected chi connectivity index (χ4v) is 2.21. The van der Waals surface area contributed by atoms with Gasteiger partial charge in [-0.05, 0) is 36.0 Å². The zero-order valence-electron chi connectivity index (χ0n) is 11.8. The molecule has 0 radical (unpaired) electrons. The SMILES string of the molecule is CC(CN)C(=O)Nc1ccc(Sc2nncn2C)cc1.Cl. The van der Waals surface area contributed by atoms with Gasteiger partial charge in [0.2, 0.25) is 5.91 Å². The van der Waals surface area contributed by atoms with Gasteiger partial charge in [0, 0.05) is 30.1 Å². The van der Waals surface area contributed by atoms with Crippen LogP contribution in [0.15, 0.2) is 40.6 Å². The van der Waals surface area contributed by atoms with Crippen molar-refractivity contribution in [1.29, 1.82) is 0 Å². The Bertz CT molecular complexity index is 587. The Balaban J connectivity index is 0.00000220. The summed E-state index contributed by atoms with van der Waals surface area (Å²) < 4.78 is 1.85. The summed E-state index contributed by atoms with van der Waals surface area (Å²) in [5, 5.41) is 11.5. The van der Waals surface area contributed by atoms with Gasteiger partial charge in [0.05, 0.1) is 0 Å². The Morgan fingerprint density at radius 3 is 2.62 bits per heavy atom. The number of anilines is 1. The molecule has 21 heavy (non-hydrogen) atoms. The Labute approximate surface area is 133 Å². The maximum Gasteiger partial charge on any atom is 0.228 e. The minimum absolute atomic E-state index is 0. The summed E-state index contributed by atoms with van der Waals surface area (Å²) >= 11 is 1.52. The maximum atomic E-state index is 11.7. The lowest BCUT2D eigenvalue weighted by molar-refractivity contribution is -0.119. The second kappa shape index (κ2) is 8.02. The van der Waals surface area contributed by atoms with Crippen LogP contribution >= 0.6 is 24.2 Å². The summed E-state index contributed by atoms with van der Waals surface area (Å²) in [6.07, 6.45) is 1.66. The van der Waals surface area contributed by atoms with Gasteiger partial charge < -0.3 is 15.6 Å². The van der Waals surface area contributed by atoms with Crippen molar-refractivity contribution in [2.45, 2.75) is 17.0 Å². The van der Waals surface area contributed by atoms with Gasteiger partial charge in [-0.15, -0.1) is 22.6 Å². The standard InChI is InChI=1S/C13H17N5OS.ClH/c1-9(7-14)12(19)16-10-3-5-11(6-4-10)20-13-17-15-8-18(13)2;/h3-6,8-9H,7,14H2,1-2H3,(H,16,19);1H. The highest BCUT2D eigenvalue weighted by Crippen LogP contribution is 2.26. The van der Waals surface area contributed by atoms with Crippen molar-refractivity contribution in [2.75, 3.05) is 11.9 Å². The third kappa shape index (κ3) is 4.73. The first-order chi connectivity index (χ1) is 9.60. The number of nitrogens with two attached hydrogens (primary N) is 1. The van der Waals surface area contributed by atoms with E-state index in [1.807, 2.05) is 35.9 Å². The summed E-state index contributed by atoms with van der Waals surface area (Å²) in [5.41, 5.74) is 6.22. The highest BCUT2D eigenvalue weighted by atomic mass is 35.5. The number of aryl methyl sites for hydroxylation is 1. The molecule has 114 valence electrons. The van der Waals surface area contributed by atoms with Gasteiger partial charge in [-0.2, -0.15) is 0 Å². The van der Waals surface area contributed by atoms with Crippen LogP contribution in [0.4, 0.5) is 5.69 Å². The van der Waals surface area contributed by atoms with E-state index in [0.717, 1.165) is 15.7 Å². The molecule has 2 rings (SSSR count). The molecule has 0 fully saturated rings. The van der Waals surface area contributed by atoms with E-state index >= 15 is 0 Å². The fraction of sp³-hybridized carbons (Fsp3) is 0.308. The quantitative estimate of drug-likeness (QED) is 0.876. The molecule has 8 heteroatoms. The second-order valence-corrected chi connectivity index (χ2v) is 5.52. The van der Waals surface area contributed by atoms with E-state index in [1.165, 1.54) is 11.8 Å². The Kier molecular flexibility index (Phi) is 6.67. The van der Waals surface area contributed by atoms with Crippen molar-refractivity contribution in [2.24, 2.45) is 18.7 Å². The smallest absolute Gasteiger partial charge is 0.228 e. The van der Waals surface area contributed by atoms with Crippen molar-refractivity contribution in [3.05, 3.63) is 30.6 Å². The molecule has 1 aromatic carbocycles. The number of amides is 1. The first kappa shape index (κ1) is 17.5. The monoisotopic (exact) mass is 327 g/mol. The lowest BCUT2D eigenvalue weighted by Gasteiger charge is -2.10. The van der Waals surface area contributed by atoms with Crippen molar-refractivity contribution in [3.8, 4) is 0 Å². The summed E-state index contributed by atoms with van der Waals surface area (Å²) in [5.74, 6) is -0.260. The molecule has 0 spiro atoms. The predicted molar refractivity (Wildman–Crippen MR) is 85.7 cm³/mol. The number of hydrogen-bond acceptors (Lipinski definition) is 5. The highest BCUT2D eigenvalue weighted by molar-refractivity contribution is 7.99. The van der Waals surface area contributed by atoms with Gasteiger partial charge in [0.25, 0.3) is 0 Å². The van der Waals surface area contributed by atoms with E-state index in [2.05, 4.69) is 15.5 Å². The molecule has 1 unspecified atom stereocenters. The first-order valence-corrected chi connectivity index (χ1v) is 7.04. The maximum absolute atomic E-state index is 11.7. The van der Waals surface area contributed by atoms with Gasteiger partial charge in [0.1, 0.15) is 6.33 Å². The minimum atomic E-state index is -0.192. The number of nitrogens with one attached hydrogen (secondary N) is 1. The first-order valence-electron chi connectivity index (χ1n) is 6.23. The van der Waals surface area contributed by atoms with Crippen LogP contribution in [0.2, 0.25) is 0 Å². The van der Waals surface area contributed by atoms with Crippen LogP contribution in [0.1, 0.15) is 6.92 Å². The van der Waals surface area contributed by atoms with Crippen molar-refractivity contribution >= 4 is 35.8 Å². The molecule has 1 aromatic heterocycles.